The number of benzene rings is 1. The fraction of sp³-hybridized carbons (Fsp3) is 0.273. The number of hydrogen-bond acceptors (Lipinski definition) is 3. The molecule has 0 saturated heterocycles. The second-order valence-electron chi connectivity index (χ2n) is 3.16. The lowest BCUT2D eigenvalue weighted by Gasteiger charge is -2.08. The average Bonchev–Trinajstić information content (AvgIpc) is 2.17. The number of ketones is 1. The van der Waals surface area contributed by atoms with Crippen molar-refractivity contribution in [3.05, 3.63) is 35.4 Å². The van der Waals surface area contributed by atoms with Crippen LogP contribution in [0.25, 0.3) is 0 Å². The van der Waals surface area contributed by atoms with E-state index in [1.165, 1.54) is 6.92 Å². The van der Waals surface area contributed by atoms with E-state index in [4.69, 9.17) is 5.26 Å². The van der Waals surface area contributed by atoms with Crippen molar-refractivity contribution in [2.24, 2.45) is 0 Å². The normalized spacial score (nSPS) is 11.8. The average molecular weight is 189 g/mol. The van der Waals surface area contributed by atoms with Crippen molar-refractivity contribution in [1.82, 2.24) is 0 Å². The van der Waals surface area contributed by atoms with Crippen LogP contribution in [0.5, 0.6) is 0 Å². The third-order valence-corrected chi connectivity index (χ3v) is 1.88. The molecule has 0 amide bonds. The minimum Gasteiger partial charge on any atom is -0.388 e. The molecular weight excluding hydrogens is 178 g/mol. The van der Waals surface area contributed by atoms with Gasteiger partial charge in [0.05, 0.1) is 17.7 Å². The summed E-state index contributed by atoms with van der Waals surface area (Å²) < 4.78 is 0. The molecule has 3 heteroatoms. The maximum atomic E-state index is 10.8. The van der Waals surface area contributed by atoms with Gasteiger partial charge in [0.2, 0.25) is 0 Å². The summed E-state index contributed by atoms with van der Waals surface area (Å²) in [4.78, 5) is 10.8. The molecule has 1 atom stereocenters. The minimum absolute atomic E-state index is 0.0696. The Hall–Kier alpha value is -1.66. The fourth-order valence-electron chi connectivity index (χ4n) is 1.21. The van der Waals surface area contributed by atoms with Crippen LogP contribution in [0.1, 0.15) is 30.6 Å². The van der Waals surface area contributed by atoms with Crippen LogP contribution < -0.4 is 0 Å². The zero-order chi connectivity index (χ0) is 10.6. The van der Waals surface area contributed by atoms with Crippen molar-refractivity contribution < 1.29 is 9.90 Å². The molecule has 0 aliphatic heterocycles. The Morgan fingerprint density at radius 1 is 1.64 bits per heavy atom. The molecule has 1 N–H and O–H groups in total. The van der Waals surface area contributed by atoms with Gasteiger partial charge < -0.3 is 5.11 Å². The molecule has 0 aliphatic carbocycles. The number of aliphatic hydroxyl groups excluding tert-OH is 1. The van der Waals surface area contributed by atoms with Crippen LogP contribution >= 0.6 is 0 Å². The molecule has 1 rings (SSSR count). The number of carbonyl (C=O) groups excluding carboxylic acids is 1. The highest BCUT2D eigenvalue weighted by Crippen LogP contribution is 2.17. The highest BCUT2D eigenvalue weighted by Gasteiger charge is 2.09. The fourth-order valence-corrected chi connectivity index (χ4v) is 1.21. The van der Waals surface area contributed by atoms with E-state index >= 15 is 0 Å². The summed E-state index contributed by atoms with van der Waals surface area (Å²) >= 11 is 0. The van der Waals surface area contributed by atoms with Crippen LogP contribution in [0.2, 0.25) is 0 Å². The molecule has 0 unspecified atom stereocenters. The molecule has 3 nitrogen and oxygen atoms in total. The van der Waals surface area contributed by atoms with Gasteiger partial charge in [0, 0.05) is 6.42 Å². The Labute approximate surface area is 82.6 Å². The number of hydrogen-bond donors (Lipinski definition) is 1. The van der Waals surface area contributed by atoms with Crippen LogP contribution in [0.3, 0.4) is 0 Å². The van der Waals surface area contributed by atoms with Crippen LogP contribution in [0.4, 0.5) is 0 Å². The molecule has 0 fully saturated rings. The number of rotatable bonds is 3. The van der Waals surface area contributed by atoms with Gasteiger partial charge in [-0.25, -0.2) is 0 Å². The van der Waals surface area contributed by atoms with E-state index < -0.39 is 6.10 Å². The summed E-state index contributed by atoms with van der Waals surface area (Å²) in [5.41, 5.74) is 1.10. The number of Topliss-reactive ketones (excluding diaryl/α,β-unsaturated/α-hetero) is 1. The van der Waals surface area contributed by atoms with Gasteiger partial charge in [0.1, 0.15) is 5.78 Å². The smallest absolute Gasteiger partial charge is 0.132 e. The Morgan fingerprint density at radius 3 is 2.93 bits per heavy atom. The topological polar surface area (TPSA) is 61.1 Å². The van der Waals surface area contributed by atoms with Crippen LogP contribution in [0.15, 0.2) is 24.3 Å². The van der Waals surface area contributed by atoms with Crippen LogP contribution in [-0.4, -0.2) is 10.9 Å². The Morgan fingerprint density at radius 2 is 2.36 bits per heavy atom. The van der Waals surface area contributed by atoms with Crippen LogP contribution in [-0.2, 0) is 4.79 Å². The lowest BCUT2D eigenvalue weighted by atomic mass is 10.0. The van der Waals surface area contributed by atoms with Gasteiger partial charge in [0.25, 0.3) is 0 Å². The third-order valence-electron chi connectivity index (χ3n) is 1.88. The van der Waals surface area contributed by atoms with E-state index in [1.807, 2.05) is 6.07 Å². The predicted molar refractivity (Wildman–Crippen MR) is 51.4 cm³/mol. The van der Waals surface area contributed by atoms with Gasteiger partial charge in [-0.3, -0.25) is 4.79 Å². The van der Waals surface area contributed by atoms with E-state index in [0.29, 0.717) is 11.1 Å². The first-order valence-electron chi connectivity index (χ1n) is 4.31. The zero-order valence-electron chi connectivity index (χ0n) is 7.90. The van der Waals surface area contributed by atoms with E-state index in [2.05, 4.69) is 0 Å². The highest BCUT2D eigenvalue weighted by atomic mass is 16.3. The van der Waals surface area contributed by atoms with Crippen LogP contribution in [0, 0.1) is 11.3 Å². The zero-order valence-corrected chi connectivity index (χ0v) is 7.90. The SMILES string of the molecule is CC(=O)C[C@H](O)c1cccc(C#N)c1. The van der Waals surface area contributed by atoms with Crippen molar-refractivity contribution in [3.8, 4) is 6.07 Å². The Balaban J connectivity index is 2.85. The van der Waals surface area contributed by atoms with Gasteiger partial charge in [-0.2, -0.15) is 5.26 Å². The van der Waals surface area contributed by atoms with E-state index in [1.54, 1.807) is 24.3 Å². The summed E-state index contributed by atoms with van der Waals surface area (Å²) in [6, 6.07) is 8.62. The Kier molecular flexibility index (Phi) is 3.38. The van der Waals surface area contributed by atoms with Crippen molar-refractivity contribution in [2.45, 2.75) is 19.4 Å². The molecule has 0 saturated carbocycles. The third kappa shape index (κ3) is 2.68. The summed E-state index contributed by atoms with van der Waals surface area (Å²) in [6.45, 7) is 1.43. The summed E-state index contributed by atoms with van der Waals surface area (Å²) in [5.74, 6) is -0.0696. The number of nitrogens with zero attached hydrogens (tertiary/aromatic N) is 1. The van der Waals surface area contributed by atoms with Gasteiger partial charge in [0.15, 0.2) is 0 Å². The maximum Gasteiger partial charge on any atom is 0.132 e. The summed E-state index contributed by atoms with van der Waals surface area (Å²) in [5, 5.41) is 18.2. The standard InChI is InChI=1S/C11H11NO2/c1-8(13)5-11(14)10-4-2-3-9(6-10)7-12/h2-4,6,11,14H,5H2,1H3/t11-/m0/s1. The van der Waals surface area contributed by atoms with Crippen molar-refractivity contribution in [1.29, 1.82) is 5.26 Å². The van der Waals surface area contributed by atoms with Crippen molar-refractivity contribution >= 4 is 5.78 Å². The molecular formula is C11H11NO2. The van der Waals surface area contributed by atoms with E-state index in [0.717, 1.165) is 0 Å². The lowest BCUT2D eigenvalue weighted by molar-refractivity contribution is -0.118. The van der Waals surface area contributed by atoms with Crippen molar-refractivity contribution in [2.75, 3.05) is 0 Å². The largest absolute Gasteiger partial charge is 0.388 e. The summed E-state index contributed by atoms with van der Waals surface area (Å²) in [6.07, 6.45) is -0.713. The number of aliphatic hydroxyl groups is 1. The van der Waals surface area contributed by atoms with Gasteiger partial charge >= 0.3 is 0 Å². The lowest BCUT2D eigenvalue weighted by Crippen LogP contribution is -2.03. The molecule has 0 spiro atoms. The predicted octanol–water partition coefficient (Wildman–Crippen LogP) is 1.57. The molecule has 0 aliphatic rings. The van der Waals surface area contributed by atoms with Gasteiger partial charge in [-0.05, 0) is 24.6 Å². The molecule has 14 heavy (non-hydrogen) atoms. The second kappa shape index (κ2) is 4.54. The molecule has 1 aromatic carbocycles. The van der Waals surface area contributed by atoms with Gasteiger partial charge in [-0.1, -0.05) is 12.1 Å². The molecule has 0 aromatic heterocycles. The number of carbonyl (C=O) groups is 1. The van der Waals surface area contributed by atoms with Crippen molar-refractivity contribution in [3.63, 3.8) is 0 Å². The monoisotopic (exact) mass is 189 g/mol. The Bertz CT molecular complexity index is 379. The molecule has 1 aromatic rings. The molecule has 72 valence electrons. The molecule has 0 bridgehead atoms. The molecule has 0 heterocycles. The van der Waals surface area contributed by atoms with E-state index in [9.17, 15) is 9.90 Å². The summed E-state index contributed by atoms with van der Waals surface area (Å²) in [7, 11) is 0. The molecule has 0 radical (unpaired) electrons. The van der Waals surface area contributed by atoms with Gasteiger partial charge in [-0.15, -0.1) is 0 Å². The number of nitriles is 1. The first kappa shape index (κ1) is 10.4. The van der Waals surface area contributed by atoms with E-state index in [-0.39, 0.29) is 12.2 Å². The second-order valence-corrected chi connectivity index (χ2v) is 3.16. The minimum atomic E-state index is -0.805. The first-order valence-corrected chi connectivity index (χ1v) is 4.31. The highest BCUT2D eigenvalue weighted by molar-refractivity contribution is 5.76. The quantitative estimate of drug-likeness (QED) is 0.785. The first-order chi connectivity index (χ1) is 6.63. The maximum absolute atomic E-state index is 10.8.